The second-order valence-electron chi connectivity index (χ2n) is 7.88. The number of allylic oxidation sites excluding steroid dienone is 1. The minimum absolute atomic E-state index is 0.649. The first-order chi connectivity index (χ1) is 12.7. The highest BCUT2D eigenvalue weighted by Crippen LogP contribution is 2.15. The van der Waals surface area contributed by atoms with Crippen LogP contribution in [0.25, 0.3) is 0 Å². The lowest BCUT2D eigenvalue weighted by atomic mass is 10.0. The van der Waals surface area contributed by atoms with E-state index in [1.807, 2.05) is 6.08 Å². The molecule has 1 N–H and O–H groups in total. The molecule has 0 aliphatic carbocycles. The van der Waals surface area contributed by atoms with Gasteiger partial charge in [-0.15, -0.1) is 0 Å². The molecule has 0 atom stereocenters. The van der Waals surface area contributed by atoms with E-state index in [0.29, 0.717) is 5.57 Å². The van der Waals surface area contributed by atoms with Gasteiger partial charge in [-0.3, -0.25) is 0 Å². The fourth-order valence-electron chi connectivity index (χ4n) is 3.48. The number of hydrogen-bond acceptors (Lipinski definition) is 1. The first-order valence-electron chi connectivity index (χ1n) is 11.6. The molecular formula is C24H46O2. The van der Waals surface area contributed by atoms with E-state index in [2.05, 4.69) is 13.8 Å². The first-order valence-corrected chi connectivity index (χ1v) is 11.6. The van der Waals surface area contributed by atoms with Crippen molar-refractivity contribution >= 4 is 5.97 Å². The predicted molar refractivity (Wildman–Crippen MR) is 115 cm³/mol. The number of unbranched alkanes of at least 4 members (excludes halogenated alkanes) is 16. The minimum atomic E-state index is -0.705. The molecular weight excluding hydrogens is 320 g/mol. The number of carboxylic acids is 1. The molecule has 0 aliphatic rings. The van der Waals surface area contributed by atoms with Crippen molar-refractivity contribution < 1.29 is 9.90 Å². The van der Waals surface area contributed by atoms with Crippen LogP contribution in [0.4, 0.5) is 0 Å². The summed E-state index contributed by atoms with van der Waals surface area (Å²) in [6.45, 7) is 4.50. The Hall–Kier alpha value is -0.790. The fraction of sp³-hybridized carbons (Fsp3) is 0.875. The molecule has 2 nitrogen and oxygen atoms in total. The smallest absolute Gasteiger partial charge is 0.331 e. The van der Waals surface area contributed by atoms with Crippen LogP contribution in [0.2, 0.25) is 0 Å². The zero-order valence-electron chi connectivity index (χ0n) is 17.9. The van der Waals surface area contributed by atoms with E-state index in [4.69, 9.17) is 0 Å². The van der Waals surface area contributed by atoms with E-state index in [-0.39, 0.29) is 0 Å². The molecule has 0 aromatic carbocycles. The molecule has 2 heteroatoms. The Labute approximate surface area is 163 Å². The standard InChI is InChI=1S/C24H46O2/c1-3-5-7-9-11-13-14-16-18-20-22-23(24(25)26)21-19-17-15-12-10-8-6-4-2/h22H,3-21H2,1-2H3,(H,25,26). The molecule has 0 rings (SSSR count). The lowest BCUT2D eigenvalue weighted by Crippen LogP contribution is -2.00. The predicted octanol–water partition coefficient (Wildman–Crippen LogP) is 8.45. The highest BCUT2D eigenvalue weighted by Gasteiger charge is 2.06. The van der Waals surface area contributed by atoms with Gasteiger partial charge in [-0.05, 0) is 25.7 Å². The van der Waals surface area contributed by atoms with Crippen LogP contribution in [0.1, 0.15) is 136 Å². The molecule has 26 heavy (non-hydrogen) atoms. The van der Waals surface area contributed by atoms with Crippen molar-refractivity contribution in [1.82, 2.24) is 0 Å². The van der Waals surface area contributed by atoms with Gasteiger partial charge in [-0.1, -0.05) is 116 Å². The Balaban J connectivity index is 3.60. The van der Waals surface area contributed by atoms with Gasteiger partial charge in [0.1, 0.15) is 0 Å². The van der Waals surface area contributed by atoms with Crippen LogP contribution in [-0.2, 0) is 4.79 Å². The van der Waals surface area contributed by atoms with E-state index < -0.39 is 5.97 Å². The minimum Gasteiger partial charge on any atom is -0.478 e. The number of aliphatic carboxylic acids is 1. The van der Waals surface area contributed by atoms with Gasteiger partial charge in [0.15, 0.2) is 0 Å². The maximum Gasteiger partial charge on any atom is 0.331 e. The average molecular weight is 367 g/mol. The number of rotatable bonds is 20. The van der Waals surface area contributed by atoms with Gasteiger partial charge >= 0.3 is 5.97 Å². The van der Waals surface area contributed by atoms with E-state index in [0.717, 1.165) is 25.7 Å². The van der Waals surface area contributed by atoms with Gasteiger partial charge in [-0.2, -0.15) is 0 Å². The Morgan fingerprint density at radius 2 is 1.00 bits per heavy atom. The Morgan fingerprint density at radius 3 is 1.42 bits per heavy atom. The number of carbonyl (C=O) groups is 1. The molecule has 0 aromatic heterocycles. The summed E-state index contributed by atoms with van der Waals surface area (Å²) in [6, 6.07) is 0. The summed E-state index contributed by atoms with van der Waals surface area (Å²) in [4.78, 5) is 11.4. The first kappa shape index (κ1) is 25.2. The molecule has 0 aliphatic heterocycles. The van der Waals surface area contributed by atoms with E-state index in [1.54, 1.807) is 0 Å². The van der Waals surface area contributed by atoms with Crippen LogP contribution in [0.5, 0.6) is 0 Å². The van der Waals surface area contributed by atoms with E-state index in [1.165, 1.54) is 96.3 Å². The Bertz CT molecular complexity index is 333. The molecule has 0 fully saturated rings. The Morgan fingerprint density at radius 1 is 0.615 bits per heavy atom. The van der Waals surface area contributed by atoms with Gasteiger partial charge in [0.25, 0.3) is 0 Å². The normalized spacial score (nSPS) is 11.8. The third-order valence-electron chi connectivity index (χ3n) is 5.27. The molecule has 0 saturated carbocycles. The summed E-state index contributed by atoms with van der Waals surface area (Å²) >= 11 is 0. The number of hydrogen-bond donors (Lipinski definition) is 1. The summed E-state index contributed by atoms with van der Waals surface area (Å²) in [5.41, 5.74) is 0.649. The van der Waals surface area contributed by atoms with Crippen molar-refractivity contribution in [2.75, 3.05) is 0 Å². The van der Waals surface area contributed by atoms with Crippen molar-refractivity contribution in [2.24, 2.45) is 0 Å². The maximum atomic E-state index is 11.4. The van der Waals surface area contributed by atoms with Crippen LogP contribution in [-0.4, -0.2) is 11.1 Å². The lowest BCUT2D eigenvalue weighted by molar-refractivity contribution is -0.132. The van der Waals surface area contributed by atoms with Crippen LogP contribution < -0.4 is 0 Å². The molecule has 0 radical (unpaired) electrons. The van der Waals surface area contributed by atoms with Crippen LogP contribution in [0.3, 0.4) is 0 Å². The lowest BCUT2D eigenvalue weighted by Gasteiger charge is -2.04. The third-order valence-corrected chi connectivity index (χ3v) is 5.27. The van der Waals surface area contributed by atoms with Crippen molar-refractivity contribution in [3.05, 3.63) is 11.6 Å². The van der Waals surface area contributed by atoms with Crippen molar-refractivity contribution in [3.63, 3.8) is 0 Å². The fourth-order valence-corrected chi connectivity index (χ4v) is 3.48. The maximum absolute atomic E-state index is 11.4. The molecule has 0 bridgehead atoms. The summed E-state index contributed by atoms with van der Waals surface area (Å²) in [5.74, 6) is -0.705. The average Bonchev–Trinajstić information content (AvgIpc) is 2.63. The Kier molecular flexibility index (Phi) is 19.9. The second kappa shape index (κ2) is 20.5. The molecule has 0 aromatic rings. The second-order valence-corrected chi connectivity index (χ2v) is 7.88. The molecule has 154 valence electrons. The summed E-state index contributed by atoms with van der Waals surface area (Å²) < 4.78 is 0. The summed E-state index contributed by atoms with van der Waals surface area (Å²) in [5, 5.41) is 9.35. The van der Waals surface area contributed by atoms with Gasteiger partial charge in [-0.25, -0.2) is 4.79 Å². The van der Waals surface area contributed by atoms with Gasteiger partial charge < -0.3 is 5.11 Å². The van der Waals surface area contributed by atoms with Crippen LogP contribution >= 0.6 is 0 Å². The monoisotopic (exact) mass is 366 g/mol. The molecule has 0 heterocycles. The number of carboxylic acid groups (broad SMARTS) is 1. The van der Waals surface area contributed by atoms with Crippen molar-refractivity contribution in [3.8, 4) is 0 Å². The van der Waals surface area contributed by atoms with Crippen molar-refractivity contribution in [1.29, 1.82) is 0 Å². The van der Waals surface area contributed by atoms with Crippen LogP contribution in [0, 0.1) is 0 Å². The highest BCUT2D eigenvalue weighted by atomic mass is 16.4. The van der Waals surface area contributed by atoms with Gasteiger partial charge in [0.05, 0.1) is 0 Å². The van der Waals surface area contributed by atoms with Gasteiger partial charge in [0, 0.05) is 5.57 Å². The van der Waals surface area contributed by atoms with E-state index >= 15 is 0 Å². The van der Waals surface area contributed by atoms with Crippen molar-refractivity contribution in [2.45, 2.75) is 136 Å². The molecule has 0 saturated heterocycles. The van der Waals surface area contributed by atoms with Crippen LogP contribution in [0.15, 0.2) is 11.6 Å². The zero-order chi connectivity index (χ0) is 19.3. The quantitative estimate of drug-likeness (QED) is 0.173. The summed E-state index contributed by atoms with van der Waals surface area (Å²) in [6.07, 6.45) is 25.7. The molecule has 0 amide bonds. The topological polar surface area (TPSA) is 37.3 Å². The molecule has 0 unspecified atom stereocenters. The van der Waals surface area contributed by atoms with Gasteiger partial charge in [0.2, 0.25) is 0 Å². The van der Waals surface area contributed by atoms with E-state index in [9.17, 15) is 9.90 Å². The highest BCUT2D eigenvalue weighted by molar-refractivity contribution is 5.86. The largest absolute Gasteiger partial charge is 0.478 e. The third kappa shape index (κ3) is 18.0. The molecule has 0 spiro atoms. The SMILES string of the molecule is CCCCCCCCCCCC=C(CCCCCCCCCC)C(=O)O. The summed E-state index contributed by atoms with van der Waals surface area (Å²) in [7, 11) is 0. The zero-order valence-corrected chi connectivity index (χ0v) is 17.9.